The topological polar surface area (TPSA) is 37.2 Å². The molecule has 1 unspecified atom stereocenters. The van der Waals surface area contributed by atoms with Crippen molar-refractivity contribution < 1.29 is 5.11 Å². The van der Waals surface area contributed by atoms with Crippen molar-refractivity contribution in [2.24, 2.45) is 0 Å². The van der Waals surface area contributed by atoms with Gasteiger partial charge in [0.05, 0.1) is 0 Å². The van der Waals surface area contributed by atoms with Crippen LogP contribution in [-0.2, 0) is 6.54 Å². The zero-order chi connectivity index (χ0) is 11.1. The molecule has 0 bridgehead atoms. The summed E-state index contributed by atoms with van der Waals surface area (Å²) in [7, 11) is 0. The minimum absolute atomic E-state index is 0.258. The Labute approximate surface area is 92.1 Å². The summed E-state index contributed by atoms with van der Waals surface area (Å²) < 4.78 is 2.21. The van der Waals surface area contributed by atoms with E-state index in [-0.39, 0.29) is 6.61 Å². The molecule has 1 heterocycles. The Morgan fingerprint density at radius 3 is 3.00 bits per heavy atom. The lowest BCUT2D eigenvalue weighted by molar-refractivity contribution is 0.278. The lowest BCUT2D eigenvalue weighted by atomic mass is 10.2. The van der Waals surface area contributed by atoms with Crippen molar-refractivity contribution in [3.05, 3.63) is 24.0 Å². The van der Waals surface area contributed by atoms with Crippen LogP contribution in [0.25, 0.3) is 0 Å². The third-order valence-electron chi connectivity index (χ3n) is 2.57. The molecule has 0 spiro atoms. The van der Waals surface area contributed by atoms with Gasteiger partial charge in [-0.05, 0) is 38.4 Å². The van der Waals surface area contributed by atoms with Crippen molar-refractivity contribution >= 4 is 0 Å². The molecule has 1 atom stereocenters. The van der Waals surface area contributed by atoms with E-state index in [1.54, 1.807) is 0 Å². The Morgan fingerprint density at radius 1 is 1.53 bits per heavy atom. The van der Waals surface area contributed by atoms with Crippen molar-refractivity contribution in [2.45, 2.75) is 39.3 Å². The summed E-state index contributed by atoms with van der Waals surface area (Å²) in [5.41, 5.74) is 1.30. The highest BCUT2D eigenvalue weighted by molar-refractivity contribution is 5.11. The van der Waals surface area contributed by atoms with Crippen LogP contribution in [0.15, 0.2) is 18.3 Å². The molecule has 0 radical (unpaired) electrons. The van der Waals surface area contributed by atoms with Gasteiger partial charge in [-0.25, -0.2) is 0 Å². The molecule has 0 amide bonds. The van der Waals surface area contributed by atoms with Crippen molar-refractivity contribution in [1.82, 2.24) is 9.88 Å². The predicted molar refractivity (Wildman–Crippen MR) is 62.8 cm³/mol. The van der Waals surface area contributed by atoms with Gasteiger partial charge >= 0.3 is 0 Å². The molecule has 0 aliphatic heterocycles. The second-order valence-corrected chi connectivity index (χ2v) is 3.88. The van der Waals surface area contributed by atoms with Gasteiger partial charge in [-0.15, -0.1) is 0 Å². The first kappa shape index (κ1) is 12.3. The average molecular weight is 210 g/mol. The predicted octanol–water partition coefficient (Wildman–Crippen LogP) is 1.93. The van der Waals surface area contributed by atoms with E-state index in [0.717, 1.165) is 25.9 Å². The van der Waals surface area contributed by atoms with Gasteiger partial charge in [0.2, 0.25) is 0 Å². The van der Waals surface area contributed by atoms with Gasteiger partial charge in [0, 0.05) is 31.1 Å². The molecule has 0 fully saturated rings. The maximum atomic E-state index is 8.81. The molecule has 1 rings (SSSR count). The Balaban J connectivity index is 2.54. The molecule has 1 aromatic rings. The highest BCUT2D eigenvalue weighted by atomic mass is 16.3. The SMILES string of the molecule is CCCNC(C)c1cccn1CCCO. The second kappa shape index (κ2) is 6.64. The van der Waals surface area contributed by atoms with Crippen LogP contribution in [0.5, 0.6) is 0 Å². The molecule has 0 aliphatic carbocycles. The van der Waals surface area contributed by atoms with Gasteiger partial charge in [0.15, 0.2) is 0 Å². The van der Waals surface area contributed by atoms with E-state index in [1.807, 2.05) is 0 Å². The van der Waals surface area contributed by atoms with Crippen molar-refractivity contribution in [3.63, 3.8) is 0 Å². The van der Waals surface area contributed by atoms with E-state index < -0.39 is 0 Å². The Hall–Kier alpha value is -0.800. The number of nitrogens with zero attached hydrogens (tertiary/aromatic N) is 1. The quantitative estimate of drug-likeness (QED) is 0.721. The molecular weight excluding hydrogens is 188 g/mol. The molecule has 15 heavy (non-hydrogen) atoms. The number of hydrogen-bond acceptors (Lipinski definition) is 2. The van der Waals surface area contributed by atoms with Gasteiger partial charge in [-0.2, -0.15) is 0 Å². The zero-order valence-corrected chi connectivity index (χ0v) is 9.74. The van der Waals surface area contributed by atoms with Crippen LogP contribution >= 0.6 is 0 Å². The molecule has 0 aliphatic rings. The summed E-state index contributed by atoms with van der Waals surface area (Å²) in [5.74, 6) is 0. The molecule has 3 nitrogen and oxygen atoms in total. The number of hydrogen-bond donors (Lipinski definition) is 2. The average Bonchev–Trinajstić information content (AvgIpc) is 2.71. The maximum absolute atomic E-state index is 8.81. The first-order valence-electron chi connectivity index (χ1n) is 5.78. The molecular formula is C12H22N2O. The molecule has 0 saturated carbocycles. The van der Waals surface area contributed by atoms with Gasteiger partial charge in [-0.3, -0.25) is 0 Å². The number of aromatic nitrogens is 1. The summed E-state index contributed by atoms with van der Waals surface area (Å²) in [4.78, 5) is 0. The lowest BCUT2D eigenvalue weighted by Crippen LogP contribution is -2.22. The molecule has 0 saturated heterocycles. The van der Waals surface area contributed by atoms with Gasteiger partial charge in [-0.1, -0.05) is 6.92 Å². The third-order valence-corrected chi connectivity index (χ3v) is 2.57. The highest BCUT2D eigenvalue weighted by Gasteiger charge is 2.08. The summed E-state index contributed by atoms with van der Waals surface area (Å²) in [5, 5.41) is 12.3. The van der Waals surface area contributed by atoms with Gasteiger partial charge < -0.3 is 15.0 Å². The fraction of sp³-hybridized carbons (Fsp3) is 0.667. The van der Waals surface area contributed by atoms with E-state index in [1.165, 1.54) is 5.69 Å². The van der Waals surface area contributed by atoms with E-state index >= 15 is 0 Å². The Bertz CT molecular complexity index is 270. The molecule has 86 valence electrons. The monoisotopic (exact) mass is 210 g/mol. The fourth-order valence-corrected chi connectivity index (χ4v) is 1.73. The van der Waals surface area contributed by atoms with Crippen LogP contribution in [0, 0.1) is 0 Å². The normalized spacial score (nSPS) is 13.0. The number of nitrogens with one attached hydrogen (secondary N) is 1. The zero-order valence-electron chi connectivity index (χ0n) is 9.74. The van der Waals surface area contributed by atoms with Crippen LogP contribution in [-0.4, -0.2) is 22.8 Å². The fourth-order valence-electron chi connectivity index (χ4n) is 1.73. The van der Waals surface area contributed by atoms with Crippen LogP contribution in [0.3, 0.4) is 0 Å². The molecule has 1 aromatic heterocycles. The second-order valence-electron chi connectivity index (χ2n) is 3.88. The minimum Gasteiger partial charge on any atom is -0.396 e. The largest absolute Gasteiger partial charge is 0.396 e. The minimum atomic E-state index is 0.258. The highest BCUT2D eigenvalue weighted by Crippen LogP contribution is 2.13. The summed E-state index contributed by atoms with van der Waals surface area (Å²) in [6, 6.07) is 4.60. The smallest absolute Gasteiger partial charge is 0.0448 e. The first-order chi connectivity index (χ1) is 7.29. The third kappa shape index (κ3) is 3.68. The van der Waals surface area contributed by atoms with Gasteiger partial charge in [0.25, 0.3) is 0 Å². The van der Waals surface area contributed by atoms with Crippen molar-refractivity contribution in [2.75, 3.05) is 13.2 Å². The summed E-state index contributed by atoms with van der Waals surface area (Å²) in [6.45, 7) is 6.56. The molecule has 2 N–H and O–H groups in total. The van der Waals surface area contributed by atoms with E-state index in [4.69, 9.17) is 5.11 Å². The molecule has 0 aromatic carbocycles. The number of aryl methyl sites for hydroxylation is 1. The Kier molecular flexibility index (Phi) is 5.43. The number of aliphatic hydroxyl groups excluding tert-OH is 1. The van der Waals surface area contributed by atoms with E-state index in [9.17, 15) is 0 Å². The standard InChI is InChI=1S/C12H22N2O/c1-3-7-13-11(2)12-6-4-8-14(12)9-5-10-15/h4,6,8,11,13,15H,3,5,7,9-10H2,1-2H3. The van der Waals surface area contributed by atoms with Crippen molar-refractivity contribution in [3.8, 4) is 0 Å². The Morgan fingerprint density at radius 2 is 2.33 bits per heavy atom. The van der Waals surface area contributed by atoms with Crippen LogP contribution in [0.2, 0.25) is 0 Å². The van der Waals surface area contributed by atoms with E-state index in [0.29, 0.717) is 6.04 Å². The van der Waals surface area contributed by atoms with E-state index in [2.05, 4.69) is 42.1 Å². The summed E-state index contributed by atoms with van der Waals surface area (Å²) >= 11 is 0. The van der Waals surface area contributed by atoms with Gasteiger partial charge in [0.1, 0.15) is 0 Å². The maximum Gasteiger partial charge on any atom is 0.0448 e. The van der Waals surface area contributed by atoms with Crippen LogP contribution in [0.1, 0.15) is 38.4 Å². The van der Waals surface area contributed by atoms with Crippen molar-refractivity contribution in [1.29, 1.82) is 0 Å². The molecule has 3 heteroatoms. The summed E-state index contributed by atoms with van der Waals surface area (Å²) in [6.07, 6.45) is 4.05. The van der Waals surface area contributed by atoms with Crippen LogP contribution in [0.4, 0.5) is 0 Å². The first-order valence-corrected chi connectivity index (χ1v) is 5.78. The number of aliphatic hydroxyl groups is 1. The van der Waals surface area contributed by atoms with Crippen LogP contribution < -0.4 is 5.32 Å². The lowest BCUT2D eigenvalue weighted by Gasteiger charge is -2.16. The number of rotatable bonds is 7.